The SMILES string of the molecule is COc1cccc(CNC(=O)[C@@H]2CCCN2C(=O)[C@@H]2CCCN2C(=O)c2ccc(Cl)cc2)c1. The van der Waals surface area contributed by atoms with Crippen molar-refractivity contribution in [1.82, 2.24) is 15.1 Å². The van der Waals surface area contributed by atoms with Crippen molar-refractivity contribution >= 4 is 29.3 Å². The smallest absolute Gasteiger partial charge is 0.254 e. The highest BCUT2D eigenvalue weighted by Gasteiger charge is 2.42. The van der Waals surface area contributed by atoms with E-state index in [1.54, 1.807) is 41.2 Å². The Morgan fingerprint density at radius 3 is 2.42 bits per heavy atom. The number of halogens is 1. The first-order valence-corrected chi connectivity index (χ1v) is 11.6. The van der Waals surface area contributed by atoms with Crippen molar-refractivity contribution in [2.75, 3.05) is 20.2 Å². The van der Waals surface area contributed by atoms with E-state index in [0.29, 0.717) is 43.1 Å². The molecule has 2 aromatic rings. The molecule has 0 unspecified atom stereocenters. The topological polar surface area (TPSA) is 79.0 Å². The lowest BCUT2D eigenvalue weighted by Crippen LogP contribution is -2.52. The highest BCUT2D eigenvalue weighted by atomic mass is 35.5. The quantitative estimate of drug-likeness (QED) is 0.704. The number of nitrogens with one attached hydrogen (secondary N) is 1. The third-order valence-corrected chi connectivity index (χ3v) is 6.58. The van der Waals surface area contributed by atoms with Crippen molar-refractivity contribution in [2.45, 2.75) is 44.3 Å². The predicted molar refractivity (Wildman–Crippen MR) is 125 cm³/mol. The molecule has 0 saturated carbocycles. The molecule has 33 heavy (non-hydrogen) atoms. The van der Waals surface area contributed by atoms with Crippen LogP contribution in [0.25, 0.3) is 0 Å². The van der Waals surface area contributed by atoms with Gasteiger partial charge in [0.05, 0.1) is 7.11 Å². The van der Waals surface area contributed by atoms with E-state index in [-0.39, 0.29) is 17.7 Å². The molecule has 2 atom stereocenters. The second kappa shape index (κ2) is 10.3. The molecule has 3 amide bonds. The zero-order chi connectivity index (χ0) is 23.4. The molecular weight excluding hydrogens is 442 g/mol. The van der Waals surface area contributed by atoms with Gasteiger partial charge >= 0.3 is 0 Å². The summed E-state index contributed by atoms with van der Waals surface area (Å²) in [7, 11) is 1.60. The molecule has 2 aliphatic rings. The summed E-state index contributed by atoms with van der Waals surface area (Å²) >= 11 is 5.94. The molecule has 0 aliphatic carbocycles. The molecule has 0 spiro atoms. The molecule has 2 aromatic carbocycles. The summed E-state index contributed by atoms with van der Waals surface area (Å²) in [6, 6.07) is 13.1. The Labute approximate surface area is 198 Å². The number of likely N-dealkylation sites (tertiary alicyclic amines) is 2. The van der Waals surface area contributed by atoms with Crippen molar-refractivity contribution < 1.29 is 19.1 Å². The van der Waals surface area contributed by atoms with E-state index in [0.717, 1.165) is 24.2 Å². The number of ether oxygens (including phenoxy) is 1. The van der Waals surface area contributed by atoms with E-state index >= 15 is 0 Å². The van der Waals surface area contributed by atoms with Crippen LogP contribution in [0.15, 0.2) is 48.5 Å². The molecular formula is C25H28ClN3O4. The van der Waals surface area contributed by atoms with Gasteiger partial charge in [-0.2, -0.15) is 0 Å². The van der Waals surface area contributed by atoms with E-state index in [1.807, 2.05) is 24.3 Å². The van der Waals surface area contributed by atoms with Crippen molar-refractivity contribution in [3.63, 3.8) is 0 Å². The average Bonchev–Trinajstić information content (AvgIpc) is 3.52. The molecule has 174 valence electrons. The second-order valence-corrected chi connectivity index (χ2v) is 8.86. The molecule has 0 bridgehead atoms. The van der Waals surface area contributed by atoms with E-state index in [9.17, 15) is 14.4 Å². The maximum absolute atomic E-state index is 13.4. The third-order valence-electron chi connectivity index (χ3n) is 6.33. The normalized spacial score (nSPS) is 20.1. The fraction of sp³-hybridized carbons (Fsp3) is 0.400. The van der Waals surface area contributed by atoms with Gasteiger partial charge < -0.3 is 19.9 Å². The van der Waals surface area contributed by atoms with Crippen LogP contribution in [0.5, 0.6) is 5.75 Å². The van der Waals surface area contributed by atoms with E-state index in [1.165, 1.54) is 0 Å². The lowest BCUT2D eigenvalue weighted by atomic mass is 10.1. The minimum Gasteiger partial charge on any atom is -0.497 e. The second-order valence-electron chi connectivity index (χ2n) is 8.42. The van der Waals surface area contributed by atoms with E-state index in [4.69, 9.17) is 16.3 Å². The van der Waals surface area contributed by atoms with Gasteiger partial charge in [-0.25, -0.2) is 0 Å². The molecule has 0 aromatic heterocycles. The highest BCUT2D eigenvalue weighted by molar-refractivity contribution is 6.30. The molecule has 1 N–H and O–H groups in total. The number of hydrogen-bond donors (Lipinski definition) is 1. The number of benzene rings is 2. The average molecular weight is 470 g/mol. The Morgan fingerprint density at radius 1 is 1.00 bits per heavy atom. The summed E-state index contributed by atoms with van der Waals surface area (Å²) in [6.07, 6.45) is 2.75. The first-order valence-electron chi connectivity index (χ1n) is 11.3. The molecule has 7 nitrogen and oxygen atoms in total. The van der Waals surface area contributed by atoms with Crippen LogP contribution in [0.4, 0.5) is 0 Å². The van der Waals surface area contributed by atoms with Crippen LogP contribution in [0.3, 0.4) is 0 Å². The number of carbonyl (C=O) groups excluding carboxylic acids is 3. The van der Waals surface area contributed by atoms with Gasteiger partial charge in [-0.1, -0.05) is 23.7 Å². The fourth-order valence-electron chi connectivity index (χ4n) is 4.61. The van der Waals surface area contributed by atoms with Crippen molar-refractivity contribution in [3.8, 4) is 5.75 Å². The maximum atomic E-state index is 13.4. The van der Waals surface area contributed by atoms with Crippen LogP contribution in [0.2, 0.25) is 5.02 Å². The number of amides is 3. The molecule has 0 radical (unpaired) electrons. The Bertz CT molecular complexity index is 1030. The number of carbonyl (C=O) groups is 3. The zero-order valence-electron chi connectivity index (χ0n) is 18.6. The summed E-state index contributed by atoms with van der Waals surface area (Å²) in [5.41, 5.74) is 1.43. The van der Waals surface area contributed by atoms with Crippen LogP contribution in [-0.2, 0) is 16.1 Å². The largest absolute Gasteiger partial charge is 0.497 e. The van der Waals surface area contributed by atoms with Crippen LogP contribution >= 0.6 is 11.6 Å². The van der Waals surface area contributed by atoms with Gasteiger partial charge in [0.25, 0.3) is 5.91 Å². The number of rotatable bonds is 6. The van der Waals surface area contributed by atoms with Gasteiger partial charge in [0.15, 0.2) is 0 Å². The molecule has 4 rings (SSSR count). The Balaban J connectivity index is 1.41. The van der Waals surface area contributed by atoms with Crippen LogP contribution in [-0.4, -0.2) is 59.8 Å². The van der Waals surface area contributed by atoms with Crippen molar-refractivity contribution in [1.29, 1.82) is 0 Å². The third kappa shape index (κ3) is 5.14. The predicted octanol–water partition coefficient (Wildman–Crippen LogP) is 3.26. The molecule has 2 heterocycles. The molecule has 2 saturated heterocycles. The lowest BCUT2D eigenvalue weighted by molar-refractivity contribution is -0.141. The summed E-state index contributed by atoms with van der Waals surface area (Å²) in [4.78, 5) is 42.7. The molecule has 8 heteroatoms. The van der Waals surface area contributed by atoms with E-state index < -0.39 is 12.1 Å². The maximum Gasteiger partial charge on any atom is 0.254 e. The Morgan fingerprint density at radius 2 is 1.70 bits per heavy atom. The standard InChI is InChI=1S/C25H28ClN3O4/c1-33-20-6-2-5-17(15-20)16-27-23(30)21-7-3-13-28(21)25(32)22-8-4-14-29(22)24(31)18-9-11-19(26)12-10-18/h2,5-6,9-12,15,21-22H,3-4,7-8,13-14,16H2,1H3,(H,27,30)/t21-,22-/m0/s1. The molecule has 2 fully saturated rings. The van der Waals surface area contributed by atoms with Crippen LogP contribution < -0.4 is 10.1 Å². The fourth-order valence-corrected chi connectivity index (χ4v) is 4.73. The van der Waals surface area contributed by atoms with Crippen LogP contribution in [0, 0.1) is 0 Å². The van der Waals surface area contributed by atoms with E-state index in [2.05, 4.69) is 5.32 Å². The summed E-state index contributed by atoms with van der Waals surface area (Å²) in [6.45, 7) is 1.41. The lowest BCUT2D eigenvalue weighted by Gasteiger charge is -2.31. The zero-order valence-corrected chi connectivity index (χ0v) is 19.4. The van der Waals surface area contributed by atoms with Gasteiger partial charge in [-0.3, -0.25) is 14.4 Å². The van der Waals surface area contributed by atoms with Gasteiger partial charge in [-0.05, 0) is 67.6 Å². The van der Waals surface area contributed by atoms with Gasteiger partial charge in [-0.15, -0.1) is 0 Å². The van der Waals surface area contributed by atoms with Gasteiger partial charge in [0.2, 0.25) is 11.8 Å². The number of hydrogen-bond acceptors (Lipinski definition) is 4. The summed E-state index contributed by atoms with van der Waals surface area (Å²) < 4.78 is 5.23. The van der Waals surface area contributed by atoms with Crippen molar-refractivity contribution in [3.05, 3.63) is 64.7 Å². The summed E-state index contributed by atoms with van der Waals surface area (Å²) in [5.74, 6) is 0.234. The van der Waals surface area contributed by atoms with Crippen LogP contribution in [0.1, 0.15) is 41.6 Å². The highest BCUT2D eigenvalue weighted by Crippen LogP contribution is 2.27. The first kappa shape index (κ1) is 23.1. The van der Waals surface area contributed by atoms with Crippen molar-refractivity contribution in [2.24, 2.45) is 0 Å². The minimum atomic E-state index is -0.542. The molecule has 2 aliphatic heterocycles. The van der Waals surface area contributed by atoms with Gasteiger partial charge in [0.1, 0.15) is 17.8 Å². The monoisotopic (exact) mass is 469 g/mol. The first-order chi connectivity index (χ1) is 16.0. The Hall–Kier alpha value is -3.06. The minimum absolute atomic E-state index is 0.145. The Kier molecular flexibility index (Phi) is 7.18. The summed E-state index contributed by atoms with van der Waals surface area (Å²) in [5, 5.41) is 3.51. The number of methoxy groups -OCH3 is 1. The van der Waals surface area contributed by atoms with Gasteiger partial charge in [0, 0.05) is 30.2 Å². The number of nitrogens with zero attached hydrogens (tertiary/aromatic N) is 2.